The summed E-state index contributed by atoms with van der Waals surface area (Å²) in [6.07, 6.45) is -10.7. The molecule has 0 saturated carbocycles. The van der Waals surface area contributed by atoms with Gasteiger partial charge in [0.05, 0.1) is 16.0 Å². The molecule has 0 aliphatic rings. The minimum absolute atomic E-state index is 0.329. The zero-order valence-electron chi connectivity index (χ0n) is 13.4. The predicted molar refractivity (Wildman–Crippen MR) is 82.9 cm³/mol. The Bertz CT molecular complexity index is 991. The average molecular weight is 428 g/mol. The fraction of sp³-hybridized carbons (Fsp3) is 0.143. The van der Waals surface area contributed by atoms with Crippen LogP contribution in [0.1, 0.15) is 21.6 Å². The van der Waals surface area contributed by atoms with E-state index in [9.17, 15) is 39.6 Å². The fourth-order valence-corrected chi connectivity index (χ4v) is 2.87. The van der Waals surface area contributed by atoms with Gasteiger partial charge in [0.2, 0.25) is 0 Å². The van der Waals surface area contributed by atoms with E-state index in [2.05, 4.69) is 4.98 Å². The first-order chi connectivity index (χ1) is 12.7. The number of amides is 1. The number of carbonyl (C=O) groups excluding carboxylic acids is 1. The molecular formula is C14H10F6N4O3S. The van der Waals surface area contributed by atoms with E-state index in [1.54, 1.807) is 0 Å². The Morgan fingerprint density at radius 3 is 2.07 bits per heavy atom. The lowest BCUT2D eigenvalue weighted by molar-refractivity contribution is -0.145. The van der Waals surface area contributed by atoms with Crippen LogP contribution in [0.3, 0.4) is 0 Å². The fourth-order valence-electron chi connectivity index (χ4n) is 2.01. The largest absolute Gasteiger partial charge is 0.433 e. The molecule has 0 saturated heterocycles. The summed E-state index contributed by atoms with van der Waals surface area (Å²) in [6, 6.07) is 6.04. The second kappa shape index (κ2) is 7.27. The molecular weight excluding hydrogens is 418 g/mol. The van der Waals surface area contributed by atoms with Gasteiger partial charge in [0.15, 0.2) is 0 Å². The van der Waals surface area contributed by atoms with Crippen LogP contribution < -0.4 is 16.0 Å². The van der Waals surface area contributed by atoms with Crippen LogP contribution in [0.15, 0.2) is 41.3 Å². The summed E-state index contributed by atoms with van der Waals surface area (Å²) < 4.78 is 101. The maximum Gasteiger partial charge on any atom is 0.433 e. The quantitative estimate of drug-likeness (QED) is 0.511. The highest BCUT2D eigenvalue weighted by Crippen LogP contribution is 2.38. The molecule has 1 heterocycles. The van der Waals surface area contributed by atoms with Crippen LogP contribution in [0.25, 0.3) is 0 Å². The molecule has 0 aliphatic carbocycles. The second-order valence-corrected chi connectivity index (χ2v) is 6.87. The van der Waals surface area contributed by atoms with Crippen LogP contribution in [-0.4, -0.2) is 19.3 Å². The highest BCUT2D eigenvalue weighted by molar-refractivity contribution is 7.89. The van der Waals surface area contributed by atoms with Gasteiger partial charge < -0.3 is 5.73 Å². The number of carbonyl (C=O) groups is 1. The molecule has 1 amide bonds. The molecule has 0 bridgehead atoms. The molecule has 0 radical (unpaired) electrons. The van der Waals surface area contributed by atoms with Gasteiger partial charge in [-0.15, -0.1) is 4.83 Å². The summed E-state index contributed by atoms with van der Waals surface area (Å²) in [4.78, 5) is 16.0. The number of halogens is 6. The summed E-state index contributed by atoms with van der Waals surface area (Å²) in [5.41, 5.74) is 1.14. The third kappa shape index (κ3) is 4.69. The second-order valence-electron chi connectivity index (χ2n) is 5.18. The Labute approximate surface area is 153 Å². The van der Waals surface area contributed by atoms with E-state index >= 15 is 0 Å². The smallest absolute Gasteiger partial charge is 0.383 e. The van der Waals surface area contributed by atoms with E-state index in [0.29, 0.717) is 0 Å². The van der Waals surface area contributed by atoms with Crippen LogP contribution >= 0.6 is 0 Å². The third-order valence-corrected chi connectivity index (χ3v) is 4.49. The lowest BCUT2D eigenvalue weighted by Crippen LogP contribution is -2.42. The number of benzene rings is 1. The molecule has 28 heavy (non-hydrogen) atoms. The number of nitrogens with one attached hydrogen (secondary N) is 2. The zero-order chi connectivity index (χ0) is 21.3. The minimum Gasteiger partial charge on any atom is -0.383 e. The van der Waals surface area contributed by atoms with E-state index in [0.717, 1.165) is 12.1 Å². The summed E-state index contributed by atoms with van der Waals surface area (Å²) in [6.45, 7) is 0. The number of hydrazine groups is 1. The monoisotopic (exact) mass is 428 g/mol. The number of nitrogens with two attached hydrogens (primary N) is 1. The molecule has 1 aromatic heterocycles. The minimum atomic E-state index is -5.40. The first kappa shape index (κ1) is 21.4. The molecule has 1 aromatic carbocycles. The van der Waals surface area contributed by atoms with Crippen LogP contribution in [0, 0.1) is 0 Å². The molecule has 7 nitrogen and oxygen atoms in total. The van der Waals surface area contributed by atoms with Gasteiger partial charge in [-0.05, 0) is 18.2 Å². The summed E-state index contributed by atoms with van der Waals surface area (Å²) >= 11 is 0. The van der Waals surface area contributed by atoms with Crippen molar-refractivity contribution in [2.75, 3.05) is 5.73 Å². The number of hydrogen-bond donors (Lipinski definition) is 3. The van der Waals surface area contributed by atoms with E-state index < -0.39 is 57.0 Å². The van der Waals surface area contributed by atoms with Crippen molar-refractivity contribution < 1.29 is 39.6 Å². The Morgan fingerprint density at radius 1 is 1.00 bits per heavy atom. The van der Waals surface area contributed by atoms with Crippen LogP contribution in [0.5, 0.6) is 0 Å². The van der Waals surface area contributed by atoms with Crippen LogP contribution in [0.4, 0.5) is 32.2 Å². The van der Waals surface area contributed by atoms with Gasteiger partial charge in [-0.2, -0.15) is 26.3 Å². The van der Waals surface area contributed by atoms with Crippen LogP contribution in [-0.2, 0) is 22.4 Å². The molecule has 0 atom stereocenters. The molecule has 0 spiro atoms. The molecule has 14 heteroatoms. The van der Waals surface area contributed by atoms with Gasteiger partial charge in [-0.1, -0.05) is 18.2 Å². The topological polar surface area (TPSA) is 114 Å². The number of hydrogen-bond acceptors (Lipinski definition) is 5. The van der Waals surface area contributed by atoms with Gasteiger partial charge >= 0.3 is 12.4 Å². The Hall–Kier alpha value is -2.87. The Morgan fingerprint density at radius 2 is 1.57 bits per heavy atom. The Kier molecular flexibility index (Phi) is 5.57. The number of pyridine rings is 1. The first-order valence-electron chi connectivity index (χ1n) is 7.05. The van der Waals surface area contributed by atoms with Crippen molar-refractivity contribution in [1.82, 2.24) is 15.2 Å². The van der Waals surface area contributed by atoms with Gasteiger partial charge in [-0.25, -0.2) is 13.4 Å². The van der Waals surface area contributed by atoms with Crippen molar-refractivity contribution in [3.8, 4) is 0 Å². The number of anilines is 1. The number of sulfonamides is 1. The molecule has 2 rings (SSSR count). The number of alkyl halides is 6. The maximum absolute atomic E-state index is 13.1. The molecule has 2 aromatic rings. The van der Waals surface area contributed by atoms with E-state index in [1.165, 1.54) is 28.5 Å². The van der Waals surface area contributed by atoms with Crippen molar-refractivity contribution in [3.05, 3.63) is 53.2 Å². The number of nitrogen functional groups attached to an aromatic ring is 1. The standard InChI is InChI=1S/C14H10F6N4O3S/c15-13(16,17)8-6-9(14(18,19)20)22-11(21)10(8)12(25)23-24-28(26,27)7-4-2-1-3-5-7/h1-6,24H,(H2,21,22)(H,23,25). The Balaban J connectivity index is 2.40. The highest BCUT2D eigenvalue weighted by atomic mass is 32.2. The molecule has 0 aliphatic heterocycles. The van der Waals surface area contributed by atoms with E-state index in [-0.39, 0.29) is 4.90 Å². The van der Waals surface area contributed by atoms with Crippen molar-refractivity contribution in [2.24, 2.45) is 0 Å². The lowest BCUT2D eigenvalue weighted by atomic mass is 10.1. The third-order valence-electron chi connectivity index (χ3n) is 3.22. The van der Waals surface area contributed by atoms with E-state index in [1.807, 2.05) is 0 Å². The van der Waals surface area contributed by atoms with Gasteiger partial charge in [-0.3, -0.25) is 10.2 Å². The molecule has 0 fully saturated rings. The summed E-state index contributed by atoms with van der Waals surface area (Å²) in [7, 11) is -4.36. The summed E-state index contributed by atoms with van der Waals surface area (Å²) in [5, 5.41) is 0. The van der Waals surface area contributed by atoms with Gasteiger partial charge in [0, 0.05) is 0 Å². The van der Waals surface area contributed by atoms with Gasteiger partial charge in [0.25, 0.3) is 15.9 Å². The lowest BCUT2D eigenvalue weighted by Gasteiger charge is -2.17. The first-order valence-corrected chi connectivity index (χ1v) is 8.54. The van der Waals surface area contributed by atoms with Crippen molar-refractivity contribution >= 4 is 21.7 Å². The average Bonchev–Trinajstić information content (AvgIpc) is 2.58. The number of nitrogens with zero attached hydrogens (tertiary/aromatic N) is 1. The zero-order valence-corrected chi connectivity index (χ0v) is 14.2. The maximum atomic E-state index is 13.1. The molecule has 152 valence electrons. The molecule has 0 unspecified atom stereocenters. The SMILES string of the molecule is Nc1nc(C(F)(F)F)cc(C(F)(F)F)c1C(=O)NNS(=O)(=O)c1ccccc1. The number of rotatable bonds is 4. The highest BCUT2D eigenvalue weighted by Gasteiger charge is 2.42. The molecule has 4 N–H and O–H groups in total. The summed E-state index contributed by atoms with van der Waals surface area (Å²) in [5.74, 6) is -3.12. The van der Waals surface area contributed by atoms with Gasteiger partial charge in [0.1, 0.15) is 11.5 Å². The van der Waals surface area contributed by atoms with Crippen molar-refractivity contribution in [2.45, 2.75) is 17.2 Å². The number of aromatic nitrogens is 1. The normalized spacial score (nSPS) is 12.6. The van der Waals surface area contributed by atoms with Crippen LogP contribution in [0.2, 0.25) is 0 Å². The van der Waals surface area contributed by atoms with Crippen molar-refractivity contribution in [3.63, 3.8) is 0 Å². The van der Waals surface area contributed by atoms with Crippen molar-refractivity contribution in [1.29, 1.82) is 0 Å². The predicted octanol–water partition coefficient (Wildman–Crippen LogP) is 2.32. The van der Waals surface area contributed by atoms with E-state index in [4.69, 9.17) is 5.73 Å².